The normalized spacial score (nSPS) is 10.7. The van der Waals surface area contributed by atoms with Gasteiger partial charge >= 0.3 is 0 Å². The molecule has 0 amide bonds. The van der Waals surface area contributed by atoms with Crippen LogP contribution >= 0.6 is 23.1 Å². The van der Waals surface area contributed by atoms with Gasteiger partial charge < -0.3 is 5.84 Å². The maximum Gasteiger partial charge on any atom is 0.210 e. The Bertz CT molecular complexity index is 647. The van der Waals surface area contributed by atoms with Gasteiger partial charge in [-0.15, -0.1) is 21.5 Å². The van der Waals surface area contributed by atoms with Gasteiger partial charge in [-0.2, -0.15) is 0 Å². The lowest BCUT2D eigenvalue weighted by Gasteiger charge is -2.02. The van der Waals surface area contributed by atoms with Crippen LogP contribution in [0.5, 0.6) is 0 Å². The minimum atomic E-state index is 0.713. The Hall–Kier alpha value is -1.79. The second kappa shape index (κ2) is 5.46. The molecule has 19 heavy (non-hydrogen) atoms. The van der Waals surface area contributed by atoms with E-state index in [9.17, 15) is 0 Å². The molecule has 2 aromatic heterocycles. The van der Waals surface area contributed by atoms with E-state index in [2.05, 4.69) is 22.3 Å². The molecule has 0 atom stereocenters. The van der Waals surface area contributed by atoms with E-state index in [-0.39, 0.29) is 0 Å². The van der Waals surface area contributed by atoms with E-state index < -0.39 is 0 Å². The van der Waals surface area contributed by atoms with Gasteiger partial charge in [0.05, 0.1) is 4.88 Å². The Labute approximate surface area is 119 Å². The van der Waals surface area contributed by atoms with E-state index >= 15 is 0 Å². The molecule has 0 saturated carbocycles. The number of nitrogens with zero attached hydrogens (tertiary/aromatic N) is 3. The lowest BCUT2D eigenvalue weighted by Crippen LogP contribution is -2.11. The van der Waals surface area contributed by atoms with Crippen LogP contribution in [0.25, 0.3) is 10.7 Å². The number of benzene rings is 1. The molecule has 0 bridgehead atoms. The number of nitrogens with two attached hydrogens (primary N) is 1. The Morgan fingerprint density at radius 2 is 1.95 bits per heavy atom. The van der Waals surface area contributed by atoms with Crippen molar-refractivity contribution in [1.29, 1.82) is 0 Å². The Kier molecular flexibility index (Phi) is 3.52. The van der Waals surface area contributed by atoms with Crippen molar-refractivity contribution in [2.24, 2.45) is 0 Å². The number of rotatable bonds is 4. The summed E-state index contributed by atoms with van der Waals surface area (Å²) in [6.45, 7) is 0. The zero-order valence-electron chi connectivity index (χ0n) is 10.1. The molecule has 4 nitrogen and oxygen atoms in total. The van der Waals surface area contributed by atoms with Crippen LogP contribution in [0, 0.1) is 0 Å². The summed E-state index contributed by atoms with van der Waals surface area (Å²) in [5.41, 5.74) is 1.24. The highest BCUT2D eigenvalue weighted by atomic mass is 32.2. The standard InChI is InChI=1S/C13H12N4S2/c14-17-12(11-7-4-8-18-11)15-16-13(17)19-9-10-5-2-1-3-6-10/h1-8H,9,14H2. The monoisotopic (exact) mass is 288 g/mol. The van der Waals surface area contributed by atoms with Gasteiger partial charge in [-0.25, -0.2) is 4.68 Å². The first-order valence-corrected chi connectivity index (χ1v) is 7.62. The molecule has 0 aliphatic rings. The maximum absolute atomic E-state index is 6.04. The molecule has 3 aromatic rings. The molecular formula is C13H12N4S2. The number of nitrogen functional groups attached to an aromatic ring is 1. The van der Waals surface area contributed by atoms with E-state index in [0.717, 1.165) is 15.8 Å². The van der Waals surface area contributed by atoms with Gasteiger partial charge in [0, 0.05) is 5.75 Å². The lowest BCUT2D eigenvalue weighted by atomic mass is 10.2. The summed E-state index contributed by atoms with van der Waals surface area (Å²) in [6, 6.07) is 14.2. The van der Waals surface area contributed by atoms with Crippen LogP contribution in [0.15, 0.2) is 53.0 Å². The summed E-state index contributed by atoms with van der Waals surface area (Å²) in [5.74, 6) is 7.58. The number of hydrogen-bond acceptors (Lipinski definition) is 5. The first kappa shape index (κ1) is 12.3. The topological polar surface area (TPSA) is 56.7 Å². The summed E-state index contributed by atoms with van der Waals surface area (Å²) in [4.78, 5) is 1.03. The van der Waals surface area contributed by atoms with Crippen molar-refractivity contribution >= 4 is 23.1 Å². The van der Waals surface area contributed by atoms with Crippen LogP contribution in [0.2, 0.25) is 0 Å². The number of hydrogen-bond donors (Lipinski definition) is 1. The van der Waals surface area contributed by atoms with E-state index in [4.69, 9.17) is 5.84 Å². The second-order valence-electron chi connectivity index (χ2n) is 3.93. The molecule has 0 unspecified atom stereocenters. The van der Waals surface area contributed by atoms with Gasteiger partial charge in [-0.1, -0.05) is 48.2 Å². The highest BCUT2D eigenvalue weighted by molar-refractivity contribution is 7.98. The predicted octanol–water partition coefficient (Wildman–Crippen LogP) is 3.01. The van der Waals surface area contributed by atoms with Crippen molar-refractivity contribution in [1.82, 2.24) is 14.9 Å². The average molecular weight is 288 g/mol. The zero-order valence-corrected chi connectivity index (χ0v) is 11.7. The molecule has 0 aliphatic heterocycles. The molecule has 2 N–H and O–H groups in total. The summed E-state index contributed by atoms with van der Waals surface area (Å²) in [6.07, 6.45) is 0. The molecule has 2 heterocycles. The zero-order chi connectivity index (χ0) is 13.1. The predicted molar refractivity (Wildman–Crippen MR) is 79.5 cm³/mol. The Morgan fingerprint density at radius 3 is 2.68 bits per heavy atom. The van der Waals surface area contributed by atoms with E-state index in [1.165, 1.54) is 5.56 Å². The van der Waals surface area contributed by atoms with E-state index in [1.54, 1.807) is 27.8 Å². The third-order valence-corrected chi connectivity index (χ3v) is 4.50. The number of thiophene rings is 1. The molecule has 96 valence electrons. The quantitative estimate of drug-likeness (QED) is 0.592. The van der Waals surface area contributed by atoms with Gasteiger partial charge in [0.15, 0.2) is 5.82 Å². The molecule has 1 aromatic carbocycles. The summed E-state index contributed by atoms with van der Waals surface area (Å²) in [7, 11) is 0. The van der Waals surface area contributed by atoms with Crippen LogP contribution in [0.3, 0.4) is 0 Å². The first-order chi connectivity index (χ1) is 9.34. The molecule has 6 heteroatoms. The fraction of sp³-hybridized carbons (Fsp3) is 0.0769. The van der Waals surface area contributed by atoms with Crippen molar-refractivity contribution in [3.8, 4) is 10.7 Å². The largest absolute Gasteiger partial charge is 0.335 e. The Morgan fingerprint density at radius 1 is 1.11 bits per heavy atom. The minimum absolute atomic E-state index is 0.713. The molecular weight excluding hydrogens is 276 g/mol. The van der Waals surface area contributed by atoms with Crippen LogP contribution in [0.1, 0.15) is 5.56 Å². The summed E-state index contributed by atoms with van der Waals surface area (Å²) >= 11 is 3.19. The lowest BCUT2D eigenvalue weighted by molar-refractivity contribution is 0.850. The van der Waals surface area contributed by atoms with Crippen molar-refractivity contribution in [3.63, 3.8) is 0 Å². The minimum Gasteiger partial charge on any atom is -0.335 e. The highest BCUT2D eigenvalue weighted by Gasteiger charge is 2.12. The van der Waals surface area contributed by atoms with Crippen molar-refractivity contribution < 1.29 is 0 Å². The fourth-order valence-electron chi connectivity index (χ4n) is 1.67. The third-order valence-electron chi connectivity index (χ3n) is 2.62. The molecule has 0 aliphatic carbocycles. The second-order valence-corrected chi connectivity index (χ2v) is 5.82. The molecule has 3 rings (SSSR count). The molecule has 0 fully saturated rings. The molecule has 0 radical (unpaired) electrons. The average Bonchev–Trinajstić information content (AvgIpc) is 3.07. The number of thioether (sulfide) groups is 1. The van der Waals surface area contributed by atoms with E-state index in [0.29, 0.717) is 5.82 Å². The fourth-order valence-corrected chi connectivity index (χ4v) is 3.19. The summed E-state index contributed by atoms with van der Waals surface area (Å²) in [5, 5.41) is 11.0. The van der Waals surface area contributed by atoms with Gasteiger partial charge in [-0.3, -0.25) is 0 Å². The van der Waals surface area contributed by atoms with Crippen LogP contribution in [-0.2, 0) is 5.75 Å². The van der Waals surface area contributed by atoms with Crippen molar-refractivity contribution in [3.05, 3.63) is 53.4 Å². The van der Waals surface area contributed by atoms with E-state index in [1.807, 2.05) is 35.7 Å². The van der Waals surface area contributed by atoms with Gasteiger partial charge in [0.25, 0.3) is 0 Å². The van der Waals surface area contributed by atoms with Gasteiger partial charge in [-0.05, 0) is 17.0 Å². The van der Waals surface area contributed by atoms with Crippen LogP contribution in [0.4, 0.5) is 0 Å². The molecule has 0 saturated heterocycles. The van der Waals surface area contributed by atoms with Gasteiger partial charge in [0.1, 0.15) is 0 Å². The van der Waals surface area contributed by atoms with Crippen LogP contribution in [-0.4, -0.2) is 14.9 Å². The smallest absolute Gasteiger partial charge is 0.210 e. The van der Waals surface area contributed by atoms with Crippen molar-refractivity contribution in [2.45, 2.75) is 10.9 Å². The summed E-state index contributed by atoms with van der Waals surface area (Å²) < 4.78 is 1.56. The van der Waals surface area contributed by atoms with Gasteiger partial charge in [0.2, 0.25) is 5.16 Å². The Balaban J connectivity index is 1.76. The maximum atomic E-state index is 6.04. The number of aromatic nitrogens is 3. The van der Waals surface area contributed by atoms with Crippen molar-refractivity contribution in [2.75, 3.05) is 5.84 Å². The molecule has 0 spiro atoms. The third kappa shape index (κ3) is 2.64. The van der Waals surface area contributed by atoms with Crippen LogP contribution < -0.4 is 5.84 Å². The first-order valence-electron chi connectivity index (χ1n) is 5.75. The highest BCUT2D eigenvalue weighted by Crippen LogP contribution is 2.26. The SMILES string of the molecule is Nn1c(SCc2ccccc2)nnc1-c1cccs1.